The van der Waals surface area contributed by atoms with Gasteiger partial charge in [-0.05, 0) is 49.0 Å². The fraction of sp³-hybridized carbons (Fsp3) is 0.440. The third-order valence-electron chi connectivity index (χ3n) is 6.21. The molecular weight excluding hydrogens is 483 g/mol. The molecular formula is C25H33FN6O3S. The molecule has 0 unspecified atom stereocenters. The van der Waals surface area contributed by atoms with E-state index in [2.05, 4.69) is 27.2 Å². The fourth-order valence-electron chi connectivity index (χ4n) is 3.96. The monoisotopic (exact) mass is 516 g/mol. The van der Waals surface area contributed by atoms with Crippen LogP contribution in [0.4, 0.5) is 4.39 Å². The molecule has 3 aromatic rings. The molecule has 0 amide bonds. The first-order valence-electron chi connectivity index (χ1n) is 12.0. The molecule has 1 aromatic heterocycles. The Kier molecular flexibility index (Phi) is 8.68. The van der Waals surface area contributed by atoms with E-state index in [0.29, 0.717) is 24.5 Å². The van der Waals surface area contributed by atoms with Crippen molar-refractivity contribution < 1.29 is 17.5 Å². The number of hydrogen-bond donors (Lipinski definition) is 0. The second-order valence-corrected chi connectivity index (χ2v) is 11.1. The molecule has 11 heteroatoms. The highest BCUT2D eigenvalue weighted by atomic mass is 32.2. The van der Waals surface area contributed by atoms with Crippen LogP contribution in [0.25, 0.3) is 5.69 Å². The molecule has 0 atom stereocenters. The molecule has 9 nitrogen and oxygen atoms in total. The fourth-order valence-corrected chi connectivity index (χ4v) is 5.10. The smallest absolute Gasteiger partial charge is 0.243 e. The summed E-state index contributed by atoms with van der Waals surface area (Å²) in [5.74, 6) is 0.646. The Morgan fingerprint density at radius 3 is 2.39 bits per heavy atom. The van der Waals surface area contributed by atoms with Gasteiger partial charge in [0.15, 0.2) is 0 Å². The number of alkyl halides is 1. The molecule has 0 bridgehead atoms. The van der Waals surface area contributed by atoms with Gasteiger partial charge in [-0.25, -0.2) is 13.1 Å². The van der Waals surface area contributed by atoms with Crippen molar-refractivity contribution in [1.82, 2.24) is 29.1 Å². The van der Waals surface area contributed by atoms with Gasteiger partial charge < -0.3 is 9.64 Å². The molecule has 1 fully saturated rings. The zero-order valence-corrected chi connectivity index (χ0v) is 21.6. The first-order valence-corrected chi connectivity index (χ1v) is 13.5. The number of nitrogens with zero attached hydrogens (tertiary/aromatic N) is 6. The van der Waals surface area contributed by atoms with Gasteiger partial charge in [0.2, 0.25) is 10.0 Å². The molecule has 4 rings (SSSR count). The summed E-state index contributed by atoms with van der Waals surface area (Å²) in [6, 6.07) is 14.3. The van der Waals surface area contributed by atoms with Crippen LogP contribution in [0, 0.1) is 0 Å². The van der Waals surface area contributed by atoms with Crippen LogP contribution in [-0.4, -0.2) is 91.1 Å². The van der Waals surface area contributed by atoms with Crippen molar-refractivity contribution in [2.24, 2.45) is 0 Å². The molecule has 1 aliphatic heterocycles. The molecule has 0 aliphatic carbocycles. The van der Waals surface area contributed by atoms with Crippen molar-refractivity contribution >= 4 is 10.0 Å². The topological polar surface area (TPSA) is 83.8 Å². The second-order valence-electron chi connectivity index (χ2n) is 9.02. The van der Waals surface area contributed by atoms with Crippen LogP contribution in [0.1, 0.15) is 17.7 Å². The minimum atomic E-state index is -3.67. The van der Waals surface area contributed by atoms with Gasteiger partial charge in [0, 0.05) is 46.2 Å². The summed E-state index contributed by atoms with van der Waals surface area (Å²) in [6.45, 7) is 4.94. The molecule has 36 heavy (non-hydrogen) atoms. The van der Waals surface area contributed by atoms with E-state index in [1.54, 1.807) is 35.1 Å². The summed E-state index contributed by atoms with van der Waals surface area (Å²) < 4.78 is 46.7. The molecule has 0 N–H and O–H groups in total. The average molecular weight is 517 g/mol. The predicted molar refractivity (Wildman–Crippen MR) is 135 cm³/mol. The summed E-state index contributed by atoms with van der Waals surface area (Å²) in [5.41, 5.74) is 2.38. The van der Waals surface area contributed by atoms with Crippen LogP contribution in [0.15, 0.2) is 59.6 Å². The largest absolute Gasteiger partial charge is 0.493 e. The van der Waals surface area contributed by atoms with E-state index in [-0.39, 0.29) is 11.4 Å². The van der Waals surface area contributed by atoms with Gasteiger partial charge in [-0.3, -0.25) is 9.29 Å². The van der Waals surface area contributed by atoms with Gasteiger partial charge in [0.05, 0.1) is 42.3 Å². The molecule has 194 valence electrons. The summed E-state index contributed by atoms with van der Waals surface area (Å²) in [4.78, 5) is 4.94. The van der Waals surface area contributed by atoms with Crippen LogP contribution in [0.3, 0.4) is 0 Å². The third kappa shape index (κ3) is 6.67. The Balaban J connectivity index is 1.35. The molecule has 0 spiro atoms. The van der Waals surface area contributed by atoms with Gasteiger partial charge in [-0.2, -0.15) is 4.31 Å². The Morgan fingerprint density at radius 1 is 1.03 bits per heavy atom. The number of aromatic nitrogens is 3. The number of rotatable bonds is 11. The van der Waals surface area contributed by atoms with E-state index in [1.165, 1.54) is 11.4 Å². The maximum Gasteiger partial charge on any atom is 0.243 e. The quantitative estimate of drug-likeness (QED) is 0.362. The lowest BCUT2D eigenvalue weighted by molar-refractivity contribution is 0.148. The Hall–Kier alpha value is -2.86. The Bertz CT molecular complexity index is 1210. The molecule has 1 aliphatic rings. The zero-order valence-electron chi connectivity index (χ0n) is 20.8. The second kappa shape index (κ2) is 11.9. The number of benzene rings is 2. The number of halogens is 1. The van der Waals surface area contributed by atoms with Gasteiger partial charge >= 0.3 is 0 Å². The van der Waals surface area contributed by atoms with Gasteiger partial charge in [-0.1, -0.05) is 17.3 Å². The average Bonchev–Trinajstić information content (AvgIpc) is 3.35. The summed E-state index contributed by atoms with van der Waals surface area (Å²) in [7, 11) is -0.0106. The van der Waals surface area contributed by atoms with E-state index < -0.39 is 16.7 Å². The van der Waals surface area contributed by atoms with E-state index in [1.807, 2.05) is 24.3 Å². The Morgan fingerprint density at radius 2 is 1.72 bits per heavy atom. The summed E-state index contributed by atoms with van der Waals surface area (Å²) >= 11 is 0. The number of piperazine rings is 1. The molecule has 2 aromatic carbocycles. The van der Waals surface area contributed by atoms with Crippen LogP contribution in [0.2, 0.25) is 0 Å². The lowest BCUT2D eigenvalue weighted by Gasteiger charge is -2.32. The standard InChI is InChI=1S/C25H33FN6O3S/c1-29-13-15-31(16-14-29)18-21-4-10-25(11-5-21)36(33,34)30(2)19-22-20-32(28-27-22)23-6-8-24(9-7-23)35-17-3-12-26/h4-11,20H,3,12-19H2,1-2H3. The highest BCUT2D eigenvalue weighted by Gasteiger charge is 2.22. The van der Waals surface area contributed by atoms with Crippen LogP contribution < -0.4 is 4.74 Å². The minimum Gasteiger partial charge on any atom is -0.493 e. The maximum absolute atomic E-state index is 13.1. The van der Waals surface area contributed by atoms with E-state index in [0.717, 1.165) is 44.0 Å². The van der Waals surface area contributed by atoms with Gasteiger partial charge in [-0.15, -0.1) is 5.10 Å². The SMILES string of the molecule is CN1CCN(Cc2ccc(S(=O)(=O)N(C)Cc3cn(-c4ccc(OCCCF)cc4)nn3)cc2)CC1. The number of ether oxygens (including phenoxy) is 1. The lowest BCUT2D eigenvalue weighted by atomic mass is 10.2. The van der Waals surface area contributed by atoms with Crippen LogP contribution in [0.5, 0.6) is 5.75 Å². The summed E-state index contributed by atoms with van der Waals surface area (Å²) in [6.07, 6.45) is 2.05. The normalized spacial score (nSPS) is 15.4. The van der Waals surface area contributed by atoms with Crippen LogP contribution >= 0.6 is 0 Å². The van der Waals surface area contributed by atoms with Crippen molar-refractivity contribution in [1.29, 1.82) is 0 Å². The van der Waals surface area contributed by atoms with Crippen molar-refractivity contribution in [2.75, 3.05) is 53.6 Å². The number of likely N-dealkylation sites (N-methyl/N-ethyl adjacent to an activating group) is 1. The summed E-state index contributed by atoms with van der Waals surface area (Å²) in [5, 5.41) is 8.25. The van der Waals surface area contributed by atoms with Crippen molar-refractivity contribution in [2.45, 2.75) is 24.4 Å². The number of sulfonamides is 1. The molecule has 0 radical (unpaired) electrons. The third-order valence-corrected chi connectivity index (χ3v) is 8.02. The highest BCUT2D eigenvalue weighted by Crippen LogP contribution is 2.19. The van der Waals surface area contributed by atoms with E-state index in [9.17, 15) is 12.8 Å². The molecule has 1 saturated heterocycles. The predicted octanol–water partition coefficient (Wildman–Crippen LogP) is 2.57. The Labute approximate surface area is 212 Å². The zero-order chi connectivity index (χ0) is 25.5. The van der Waals surface area contributed by atoms with E-state index >= 15 is 0 Å². The van der Waals surface area contributed by atoms with Crippen molar-refractivity contribution in [3.63, 3.8) is 0 Å². The van der Waals surface area contributed by atoms with E-state index in [4.69, 9.17) is 4.74 Å². The molecule has 2 heterocycles. The lowest BCUT2D eigenvalue weighted by Crippen LogP contribution is -2.43. The van der Waals surface area contributed by atoms with Crippen LogP contribution in [-0.2, 0) is 23.1 Å². The minimum absolute atomic E-state index is 0.0931. The first-order chi connectivity index (χ1) is 17.3. The van der Waals surface area contributed by atoms with Crippen molar-refractivity contribution in [3.8, 4) is 11.4 Å². The highest BCUT2D eigenvalue weighted by molar-refractivity contribution is 7.89. The molecule has 0 saturated carbocycles. The van der Waals surface area contributed by atoms with Gasteiger partial charge in [0.25, 0.3) is 0 Å². The first kappa shape index (κ1) is 26.2. The van der Waals surface area contributed by atoms with Gasteiger partial charge in [0.1, 0.15) is 5.75 Å². The van der Waals surface area contributed by atoms with Crippen molar-refractivity contribution in [3.05, 3.63) is 66.0 Å². The maximum atomic E-state index is 13.1. The number of hydrogen-bond acceptors (Lipinski definition) is 7.